The topological polar surface area (TPSA) is 70.5 Å². The molecular formula is C24H32ClN5O2. The highest BCUT2D eigenvalue weighted by Gasteiger charge is 2.20. The maximum atomic E-state index is 12.6. The lowest BCUT2D eigenvalue weighted by atomic mass is 9.97. The van der Waals surface area contributed by atoms with Crippen LogP contribution in [0.15, 0.2) is 41.2 Å². The highest BCUT2D eigenvalue weighted by Crippen LogP contribution is 2.22. The Kier molecular flexibility index (Phi) is 7.68. The number of halogens is 1. The van der Waals surface area contributed by atoms with Crippen LogP contribution in [0.1, 0.15) is 44.9 Å². The molecule has 7 nitrogen and oxygen atoms in total. The minimum atomic E-state index is -0.251. The van der Waals surface area contributed by atoms with Crippen LogP contribution in [0.25, 0.3) is 0 Å². The van der Waals surface area contributed by atoms with Crippen LogP contribution in [-0.2, 0) is 11.3 Å². The van der Waals surface area contributed by atoms with E-state index in [1.165, 1.54) is 30.0 Å². The Bertz CT molecular complexity index is 963. The third-order valence-corrected chi connectivity index (χ3v) is 6.63. The lowest BCUT2D eigenvalue weighted by Crippen LogP contribution is -2.47. The first-order chi connectivity index (χ1) is 15.6. The van der Waals surface area contributed by atoms with Gasteiger partial charge in [-0.05, 0) is 37.1 Å². The molecule has 1 saturated carbocycles. The van der Waals surface area contributed by atoms with Crippen molar-refractivity contribution >= 4 is 29.0 Å². The van der Waals surface area contributed by atoms with E-state index in [0.29, 0.717) is 0 Å². The van der Waals surface area contributed by atoms with Gasteiger partial charge in [-0.2, -0.15) is 5.10 Å². The second kappa shape index (κ2) is 10.9. The van der Waals surface area contributed by atoms with Gasteiger partial charge < -0.3 is 15.1 Å². The molecule has 0 atom stereocenters. The number of piperazine rings is 1. The minimum Gasteiger partial charge on any atom is -0.368 e. The molecule has 1 aromatic carbocycles. The van der Waals surface area contributed by atoms with E-state index in [9.17, 15) is 9.59 Å². The lowest BCUT2D eigenvalue weighted by molar-refractivity contribution is -0.122. The number of aromatic nitrogens is 2. The first-order valence-corrected chi connectivity index (χ1v) is 12.1. The van der Waals surface area contributed by atoms with Crippen LogP contribution in [0.3, 0.4) is 0 Å². The predicted octanol–water partition coefficient (Wildman–Crippen LogP) is 3.45. The van der Waals surface area contributed by atoms with Crippen molar-refractivity contribution in [2.75, 3.05) is 36.0 Å². The summed E-state index contributed by atoms with van der Waals surface area (Å²) >= 11 is 6.13. The molecule has 1 saturated heterocycles. The van der Waals surface area contributed by atoms with E-state index in [-0.39, 0.29) is 24.1 Å². The number of carbonyl (C=O) groups is 1. The highest BCUT2D eigenvalue weighted by atomic mass is 35.5. The molecule has 0 spiro atoms. The number of nitrogens with one attached hydrogen (secondary N) is 1. The number of nitrogens with zero attached hydrogens (tertiary/aromatic N) is 4. The van der Waals surface area contributed by atoms with E-state index in [0.717, 1.165) is 68.4 Å². The Hall–Kier alpha value is -2.54. The van der Waals surface area contributed by atoms with Gasteiger partial charge in [-0.3, -0.25) is 9.59 Å². The standard InChI is InChI=1S/C24H32ClN5O2/c25-19-7-6-10-21(17-19)28-13-15-29(16-14-28)22-11-12-24(32)30(27-22)18-23(31)26-20-8-4-2-1-3-5-9-20/h6-7,10-12,17,20H,1-5,8-9,13-16,18H2,(H,26,31). The number of carbonyl (C=O) groups excluding carboxylic acids is 1. The fourth-order valence-corrected chi connectivity index (χ4v) is 4.78. The van der Waals surface area contributed by atoms with Gasteiger partial charge in [0.1, 0.15) is 12.4 Å². The molecule has 2 fully saturated rings. The van der Waals surface area contributed by atoms with E-state index >= 15 is 0 Å². The quantitative estimate of drug-likeness (QED) is 0.744. The molecule has 1 aliphatic heterocycles. The van der Waals surface area contributed by atoms with Crippen molar-refractivity contribution in [3.63, 3.8) is 0 Å². The van der Waals surface area contributed by atoms with Crippen LogP contribution < -0.4 is 20.7 Å². The van der Waals surface area contributed by atoms with Gasteiger partial charge in [-0.15, -0.1) is 0 Å². The zero-order valence-corrected chi connectivity index (χ0v) is 19.3. The zero-order chi connectivity index (χ0) is 22.3. The number of anilines is 2. The summed E-state index contributed by atoms with van der Waals surface area (Å²) in [4.78, 5) is 29.4. The zero-order valence-electron chi connectivity index (χ0n) is 18.5. The van der Waals surface area contributed by atoms with Crippen molar-refractivity contribution in [1.29, 1.82) is 0 Å². The number of rotatable bonds is 5. The Labute approximate surface area is 194 Å². The summed E-state index contributed by atoms with van der Waals surface area (Å²) < 4.78 is 1.29. The van der Waals surface area contributed by atoms with Crippen molar-refractivity contribution in [1.82, 2.24) is 15.1 Å². The number of amides is 1. The molecule has 8 heteroatoms. The monoisotopic (exact) mass is 457 g/mol. The molecule has 4 rings (SSSR count). The fraction of sp³-hybridized carbons (Fsp3) is 0.542. The van der Waals surface area contributed by atoms with E-state index in [2.05, 4.69) is 26.3 Å². The van der Waals surface area contributed by atoms with Gasteiger partial charge in [0.2, 0.25) is 5.91 Å². The lowest BCUT2D eigenvalue weighted by Gasteiger charge is -2.36. The van der Waals surface area contributed by atoms with Crippen molar-refractivity contribution in [2.45, 2.75) is 57.5 Å². The van der Waals surface area contributed by atoms with Gasteiger partial charge in [0.15, 0.2) is 0 Å². The van der Waals surface area contributed by atoms with Crippen LogP contribution in [0.2, 0.25) is 5.02 Å². The van der Waals surface area contributed by atoms with E-state index < -0.39 is 0 Å². The van der Waals surface area contributed by atoms with Crippen LogP contribution in [0.5, 0.6) is 0 Å². The van der Waals surface area contributed by atoms with E-state index in [4.69, 9.17) is 11.6 Å². The van der Waals surface area contributed by atoms with Crippen LogP contribution >= 0.6 is 11.6 Å². The van der Waals surface area contributed by atoms with Gasteiger partial charge in [-0.25, -0.2) is 4.68 Å². The van der Waals surface area contributed by atoms with E-state index in [1.54, 1.807) is 6.07 Å². The highest BCUT2D eigenvalue weighted by molar-refractivity contribution is 6.30. The van der Waals surface area contributed by atoms with Gasteiger partial charge >= 0.3 is 0 Å². The van der Waals surface area contributed by atoms with Gasteiger partial charge in [0, 0.05) is 49.0 Å². The largest absolute Gasteiger partial charge is 0.368 e. The summed E-state index contributed by atoms with van der Waals surface area (Å²) in [6.45, 7) is 3.20. The Balaban J connectivity index is 1.35. The Morgan fingerprint density at radius 1 is 0.969 bits per heavy atom. The average Bonchev–Trinajstić information content (AvgIpc) is 2.77. The SMILES string of the molecule is O=C(Cn1nc(N2CCN(c3cccc(Cl)c3)CC2)ccc1=O)NC1CCCCCCC1. The second-order valence-electron chi connectivity index (χ2n) is 8.75. The molecule has 0 radical (unpaired) electrons. The molecule has 0 bridgehead atoms. The molecule has 1 N–H and O–H groups in total. The molecule has 172 valence electrons. The molecule has 1 amide bonds. The molecular weight excluding hydrogens is 426 g/mol. The fourth-order valence-electron chi connectivity index (χ4n) is 4.60. The summed E-state index contributed by atoms with van der Waals surface area (Å²) in [5.41, 5.74) is 0.861. The summed E-state index contributed by atoms with van der Waals surface area (Å²) in [6, 6.07) is 11.3. The van der Waals surface area contributed by atoms with Gasteiger partial charge in [-0.1, -0.05) is 49.8 Å². The molecule has 1 aliphatic carbocycles. The summed E-state index contributed by atoms with van der Waals surface area (Å²) in [6.07, 6.45) is 8.11. The van der Waals surface area contributed by atoms with Gasteiger partial charge in [0.05, 0.1) is 0 Å². The summed E-state index contributed by atoms with van der Waals surface area (Å²) in [5.74, 6) is 0.599. The average molecular weight is 458 g/mol. The van der Waals surface area contributed by atoms with Crippen molar-refractivity contribution in [3.05, 3.63) is 51.8 Å². The molecule has 2 aromatic rings. The van der Waals surface area contributed by atoms with Gasteiger partial charge in [0.25, 0.3) is 5.56 Å². The molecule has 2 heterocycles. The predicted molar refractivity (Wildman–Crippen MR) is 129 cm³/mol. The third-order valence-electron chi connectivity index (χ3n) is 6.39. The molecule has 1 aromatic heterocycles. The number of hydrogen-bond acceptors (Lipinski definition) is 5. The van der Waals surface area contributed by atoms with Crippen LogP contribution in [-0.4, -0.2) is 47.9 Å². The number of hydrogen-bond donors (Lipinski definition) is 1. The second-order valence-corrected chi connectivity index (χ2v) is 9.19. The van der Waals surface area contributed by atoms with Crippen molar-refractivity contribution in [3.8, 4) is 0 Å². The van der Waals surface area contributed by atoms with Crippen molar-refractivity contribution < 1.29 is 4.79 Å². The molecule has 32 heavy (non-hydrogen) atoms. The van der Waals surface area contributed by atoms with E-state index in [1.807, 2.05) is 18.2 Å². The third kappa shape index (κ3) is 6.03. The summed E-state index contributed by atoms with van der Waals surface area (Å²) in [7, 11) is 0. The molecule has 0 unspecified atom stereocenters. The van der Waals surface area contributed by atoms with Crippen LogP contribution in [0, 0.1) is 0 Å². The first-order valence-electron chi connectivity index (χ1n) is 11.7. The number of benzene rings is 1. The summed E-state index contributed by atoms with van der Waals surface area (Å²) in [5, 5.41) is 8.36. The Morgan fingerprint density at radius 2 is 1.66 bits per heavy atom. The Morgan fingerprint density at radius 3 is 2.38 bits per heavy atom. The van der Waals surface area contributed by atoms with Crippen LogP contribution in [0.4, 0.5) is 11.5 Å². The maximum absolute atomic E-state index is 12.6. The molecule has 2 aliphatic rings. The first kappa shape index (κ1) is 22.6. The maximum Gasteiger partial charge on any atom is 0.267 e. The van der Waals surface area contributed by atoms with Crippen molar-refractivity contribution in [2.24, 2.45) is 0 Å². The smallest absolute Gasteiger partial charge is 0.267 e. The minimum absolute atomic E-state index is 0.0361. The normalized spacial score (nSPS) is 18.2.